The van der Waals surface area contributed by atoms with Crippen LogP contribution in [0, 0.1) is 0 Å². The van der Waals surface area contributed by atoms with Gasteiger partial charge >= 0.3 is 5.97 Å². The molecule has 2 unspecified atom stereocenters. The molecule has 1 aromatic carbocycles. The van der Waals surface area contributed by atoms with Crippen LogP contribution in [0.4, 0.5) is 23.1 Å². The van der Waals surface area contributed by atoms with E-state index in [9.17, 15) is 9.90 Å². The summed E-state index contributed by atoms with van der Waals surface area (Å²) in [6.45, 7) is 5.84. The summed E-state index contributed by atoms with van der Waals surface area (Å²) in [4.78, 5) is 29.9. The molecule has 35 heavy (non-hydrogen) atoms. The molecule has 2 aliphatic heterocycles. The van der Waals surface area contributed by atoms with Crippen molar-refractivity contribution in [3.05, 3.63) is 46.8 Å². The van der Waals surface area contributed by atoms with Gasteiger partial charge in [-0.05, 0) is 32.0 Å². The summed E-state index contributed by atoms with van der Waals surface area (Å²) in [5.41, 5.74) is 2.50. The molecule has 0 bridgehead atoms. The van der Waals surface area contributed by atoms with Crippen molar-refractivity contribution < 1.29 is 19.4 Å². The predicted octanol–water partition coefficient (Wildman–Crippen LogP) is 3.34. The lowest BCUT2D eigenvalue weighted by Crippen LogP contribution is -2.46. The Morgan fingerprint density at radius 1 is 1.26 bits per heavy atom. The number of hydrogen-bond donors (Lipinski definition) is 2. The van der Waals surface area contributed by atoms with E-state index in [0.29, 0.717) is 53.4 Å². The third kappa shape index (κ3) is 5.49. The molecule has 0 aliphatic carbocycles. The van der Waals surface area contributed by atoms with Crippen LogP contribution in [-0.4, -0.2) is 79.3 Å². The van der Waals surface area contributed by atoms with Crippen LogP contribution >= 0.6 is 11.6 Å². The molecule has 2 aromatic rings. The van der Waals surface area contributed by atoms with E-state index in [0.717, 1.165) is 11.9 Å². The SMILES string of the molecule is CC1CN(c2ncc(Cl)c(Nc3ccc(N(C)C)c(C4=NCCOC(=O)C4=CO)c3)n2)CC(C)O1. The molecular weight excluding hydrogens is 472 g/mol. The van der Waals surface area contributed by atoms with Gasteiger partial charge in [0.2, 0.25) is 5.95 Å². The number of aliphatic imine (C=N–C) groups is 1. The monoisotopic (exact) mass is 500 g/mol. The third-order valence-corrected chi connectivity index (χ3v) is 5.91. The lowest BCUT2D eigenvalue weighted by molar-refractivity contribution is -0.137. The Labute approximate surface area is 209 Å². The quantitative estimate of drug-likeness (QED) is 0.362. The summed E-state index contributed by atoms with van der Waals surface area (Å²) in [6, 6.07) is 5.62. The highest BCUT2D eigenvalue weighted by atomic mass is 35.5. The minimum Gasteiger partial charge on any atom is -0.515 e. The Morgan fingerprint density at radius 3 is 2.69 bits per heavy atom. The van der Waals surface area contributed by atoms with Crippen LogP contribution in [0.15, 0.2) is 41.2 Å². The number of nitrogens with zero attached hydrogens (tertiary/aromatic N) is 5. The zero-order valence-corrected chi connectivity index (χ0v) is 20.9. The van der Waals surface area contributed by atoms with Gasteiger partial charge in [-0.3, -0.25) is 4.99 Å². The number of hydrogen-bond acceptors (Lipinski definition) is 10. The molecule has 2 aliphatic rings. The number of ether oxygens (including phenoxy) is 2. The first-order valence-corrected chi connectivity index (χ1v) is 11.7. The van der Waals surface area contributed by atoms with E-state index in [-0.39, 0.29) is 24.4 Å². The van der Waals surface area contributed by atoms with Crippen LogP contribution in [-0.2, 0) is 14.3 Å². The molecule has 10 nitrogen and oxygen atoms in total. The lowest BCUT2D eigenvalue weighted by atomic mass is 10.00. The molecule has 1 fully saturated rings. The fraction of sp³-hybridized carbons (Fsp3) is 0.417. The molecule has 0 saturated carbocycles. The van der Waals surface area contributed by atoms with Crippen molar-refractivity contribution in [1.82, 2.24) is 9.97 Å². The van der Waals surface area contributed by atoms with E-state index in [2.05, 4.69) is 25.2 Å². The number of esters is 1. The van der Waals surface area contributed by atoms with Gasteiger partial charge in [-0.2, -0.15) is 4.98 Å². The van der Waals surface area contributed by atoms with Crippen LogP contribution < -0.4 is 15.1 Å². The van der Waals surface area contributed by atoms with Gasteiger partial charge in [0.05, 0.1) is 36.9 Å². The Balaban J connectivity index is 1.69. The summed E-state index contributed by atoms with van der Waals surface area (Å²) in [5.74, 6) is 0.391. The zero-order chi connectivity index (χ0) is 25.1. The smallest absolute Gasteiger partial charge is 0.343 e. The second kappa shape index (κ2) is 10.5. The Hall–Kier alpha value is -3.37. The maximum Gasteiger partial charge on any atom is 0.343 e. The van der Waals surface area contributed by atoms with Crippen molar-refractivity contribution >= 4 is 46.4 Å². The van der Waals surface area contributed by atoms with Gasteiger partial charge in [-0.1, -0.05) is 11.6 Å². The number of rotatable bonds is 5. The summed E-state index contributed by atoms with van der Waals surface area (Å²) in [5, 5.41) is 13.4. The molecule has 2 atom stereocenters. The fourth-order valence-corrected chi connectivity index (χ4v) is 4.31. The molecule has 0 radical (unpaired) electrons. The molecule has 4 rings (SSSR count). The second-order valence-electron chi connectivity index (χ2n) is 8.69. The highest BCUT2D eigenvalue weighted by Crippen LogP contribution is 2.31. The highest BCUT2D eigenvalue weighted by Gasteiger charge is 2.26. The average molecular weight is 501 g/mol. The summed E-state index contributed by atoms with van der Waals surface area (Å²) >= 11 is 6.43. The number of anilines is 4. The molecule has 0 amide bonds. The number of carbonyl (C=O) groups is 1. The van der Waals surface area contributed by atoms with Crippen molar-refractivity contribution in [2.45, 2.75) is 26.1 Å². The number of aliphatic hydroxyl groups excluding tert-OH is 1. The van der Waals surface area contributed by atoms with E-state index >= 15 is 0 Å². The van der Waals surface area contributed by atoms with Crippen molar-refractivity contribution in [2.75, 3.05) is 55.5 Å². The van der Waals surface area contributed by atoms with Crippen molar-refractivity contribution in [1.29, 1.82) is 0 Å². The summed E-state index contributed by atoms with van der Waals surface area (Å²) < 4.78 is 10.9. The first kappa shape index (κ1) is 24.7. The summed E-state index contributed by atoms with van der Waals surface area (Å²) in [7, 11) is 3.78. The van der Waals surface area contributed by atoms with Gasteiger partial charge in [0.15, 0.2) is 5.82 Å². The van der Waals surface area contributed by atoms with Crippen LogP contribution in [0.5, 0.6) is 0 Å². The van der Waals surface area contributed by atoms with Crippen molar-refractivity contribution in [2.24, 2.45) is 4.99 Å². The van der Waals surface area contributed by atoms with Crippen molar-refractivity contribution in [3.8, 4) is 0 Å². The largest absolute Gasteiger partial charge is 0.515 e. The summed E-state index contributed by atoms with van der Waals surface area (Å²) in [6.07, 6.45) is 2.45. The predicted molar refractivity (Wildman–Crippen MR) is 136 cm³/mol. The van der Waals surface area contributed by atoms with E-state index in [4.69, 9.17) is 21.1 Å². The molecule has 11 heteroatoms. The van der Waals surface area contributed by atoms with E-state index in [1.807, 2.05) is 51.0 Å². The topological polar surface area (TPSA) is 112 Å². The third-order valence-electron chi connectivity index (χ3n) is 5.63. The maximum atomic E-state index is 12.4. The van der Waals surface area contributed by atoms with Gasteiger partial charge in [0, 0.05) is 44.1 Å². The minimum atomic E-state index is -0.621. The normalized spacial score (nSPS) is 21.9. The number of halogens is 1. The van der Waals surface area contributed by atoms with Gasteiger partial charge in [0.1, 0.15) is 17.2 Å². The molecule has 1 aromatic heterocycles. The maximum absolute atomic E-state index is 12.4. The lowest BCUT2D eigenvalue weighted by Gasteiger charge is -2.35. The number of benzene rings is 1. The second-order valence-corrected chi connectivity index (χ2v) is 9.10. The van der Waals surface area contributed by atoms with Gasteiger partial charge in [-0.25, -0.2) is 9.78 Å². The zero-order valence-electron chi connectivity index (χ0n) is 20.2. The molecule has 1 saturated heterocycles. The van der Waals surface area contributed by atoms with Gasteiger partial charge in [-0.15, -0.1) is 0 Å². The van der Waals surface area contributed by atoms with E-state index < -0.39 is 5.97 Å². The van der Waals surface area contributed by atoms with Gasteiger partial charge in [0.25, 0.3) is 0 Å². The Bertz CT molecular complexity index is 1160. The average Bonchev–Trinajstić information content (AvgIpc) is 3.00. The number of nitrogens with one attached hydrogen (secondary N) is 1. The number of aromatic nitrogens is 2. The van der Waals surface area contributed by atoms with Crippen LogP contribution in [0.2, 0.25) is 5.02 Å². The number of morpholine rings is 1. The van der Waals surface area contributed by atoms with Crippen molar-refractivity contribution in [3.63, 3.8) is 0 Å². The first-order chi connectivity index (χ1) is 16.8. The Kier molecular flexibility index (Phi) is 7.42. The van der Waals surface area contributed by atoms with Gasteiger partial charge < -0.3 is 29.7 Å². The number of cyclic esters (lactones) is 1. The fourth-order valence-electron chi connectivity index (χ4n) is 4.17. The first-order valence-electron chi connectivity index (χ1n) is 11.3. The number of carbonyl (C=O) groups excluding carboxylic acids is 1. The molecule has 3 heterocycles. The standard InChI is InChI=1S/C24H29ClN6O4/c1-14-11-31(12-15(2)35-14)24-27-10-19(25)22(29-24)28-16-5-6-20(30(3)4)17(9-16)21-18(13-32)23(33)34-8-7-26-21/h5-6,9-10,13-15,32H,7-8,11-12H2,1-4H3,(H,27,28,29). The van der Waals surface area contributed by atoms with E-state index in [1.54, 1.807) is 6.20 Å². The van der Waals surface area contributed by atoms with Crippen LogP contribution in [0.1, 0.15) is 19.4 Å². The molecule has 2 N–H and O–H groups in total. The van der Waals surface area contributed by atoms with Crippen LogP contribution in [0.25, 0.3) is 0 Å². The molecule has 186 valence electrons. The van der Waals surface area contributed by atoms with E-state index in [1.165, 1.54) is 0 Å². The number of aliphatic hydroxyl groups is 1. The highest BCUT2D eigenvalue weighted by molar-refractivity contribution is 6.33. The van der Waals surface area contributed by atoms with Crippen LogP contribution in [0.3, 0.4) is 0 Å². The molecular formula is C24H29ClN6O4. The Morgan fingerprint density at radius 2 is 2.00 bits per heavy atom. The molecule has 0 spiro atoms. The minimum absolute atomic E-state index is 0.000613.